The number of amides is 2. The maximum Gasteiger partial charge on any atom is 0.228 e. The van der Waals surface area contributed by atoms with Gasteiger partial charge >= 0.3 is 0 Å². The summed E-state index contributed by atoms with van der Waals surface area (Å²) in [5.41, 5.74) is 0.693. The minimum Gasteiger partial charge on any atom is -0.351 e. The maximum atomic E-state index is 12.1. The number of carbonyl (C=O) groups is 2. The van der Waals surface area contributed by atoms with Gasteiger partial charge in [0.1, 0.15) is 0 Å². The van der Waals surface area contributed by atoms with Crippen LogP contribution in [0.1, 0.15) is 39.3 Å². The van der Waals surface area contributed by atoms with Gasteiger partial charge < -0.3 is 16.0 Å². The second-order valence-electron chi connectivity index (χ2n) is 6.02. The molecular weight excluding hydrogens is 300 g/mol. The topological polar surface area (TPSA) is 83.1 Å². The van der Waals surface area contributed by atoms with Gasteiger partial charge in [0.2, 0.25) is 11.8 Å². The first-order chi connectivity index (χ1) is 10.5. The summed E-state index contributed by atoms with van der Waals surface area (Å²) in [6.45, 7) is 6.76. The molecular formula is C15H24N4O2S. The first-order valence-corrected chi connectivity index (χ1v) is 8.61. The van der Waals surface area contributed by atoms with Gasteiger partial charge in [-0.05, 0) is 26.3 Å². The lowest BCUT2D eigenvalue weighted by atomic mass is 10.00. The van der Waals surface area contributed by atoms with Gasteiger partial charge in [0, 0.05) is 23.4 Å². The van der Waals surface area contributed by atoms with E-state index in [1.807, 2.05) is 19.2 Å². The van der Waals surface area contributed by atoms with E-state index >= 15 is 0 Å². The number of piperidine rings is 1. The Bertz CT molecular complexity index is 529. The Kier molecular flexibility index (Phi) is 5.90. The molecule has 2 amide bonds. The lowest BCUT2D eigenvalue weighted by molar-refractivity contribution is -0.121. The van der Waals surface area contributed by atoms with Gasteiger partial charge in [-0.3, -0.25) is 9.59 Å². The van der Waals surface area contributed by atoms with Crippen LogP contribution in [0, 0.1) is 5.92 Å². The summed E-state index contributed by atoms with van der Waals surface area (Å²) in [6, 6.07) is 0.481. The third-order valence-electron chi connectivity index (χ3n) is 3.76. The minimum atomic E-state index is -0.0871. The zero-order valence-electron chi connectivity index (χ0n) is 13.3. The third-order valence-corrected chi connectivity index (χ3v) is 4.56. The maximum absolute atomic E-state index is 12.1. The molecule has 1 aliphatic heterocycles. The smallest absolute Gasteiger partial charge is 0.228 e. The average Bonchev–Trinajstić information content (AvgIpc) is 2.88. The first-order valence-electron chi connectivity index (χ1n) is 7.73. The number of hydrogen-bond acceptors (Lipinski definition) is 5. The van der Waals surface area contributed by atoms with Crippen LogP contribution in [0.5, 0.6) is 0 Å². The quantitative estimate of drug-likeness (QED) is 0.767. The van der Waals surface area contributed by atoms with Crippen molar-refractivity contribution >= 4 is 28.3 Å². The molecule has 0 aliphatic carbocycles. The highest BCUT2D eigenvalue weighted by atomic mass is 32.1. The lowest BCUT2D eigenvalue weighted by Gasteiger charge is -2.30. The van der Waals surface area contributed by atoms with Crippen molar-refractivity contribution in [3.8, 4) is 0 Å². The summed E-state index contributed by atoms with van der Waals surface area (Å²) in [4.78, 5) is 28.0. The molecule has 0 spiro atoms. The molecule has 2 heterocycles. The molecule has 2 rings (SSSR count). The van der Waals surface area contributed by atoms with Crippen molar-refractivity contribution in [1.82, 2.24) is 15.6 Å². The van der Waals surface area contributed by atoms with Crippen LogP contribution in [-0.4, -0.2) is 35.4 Å². The SMILES string of the molecule is CC(C)C(=O)Nc1nc(CC(=O)NC2CCCNC2C)cs1. The summed E-state index contributed by atoms with van der Waals surface area (Å²) >= 11 is 1.35. The molecule has 0 aromatic carbocycles. The van der Waals surface area contributed by atoms with E-state index in [-0.39, 0.29) is 30.2 Å². The van der Waals surface area contributed by atoms with Crippen LogP contribution in [0.2, 0.25) is 0 Å². The molecule has 2 atom stereocenters. The van der Waals surface area contributed by atoms with Crippen LogP contribution in [0.15, 0.2) is 5.38 Å². The standard InChI is InChI=1S/C15H24N4O2S/c1-9(2)14(21)19-15-17-11(8-22-15)7-13(20)18-12-5-4-6-16-10(12)3/h8-10,12,16H,4-7H2,1-3H3,(H,18,20)(H,17,19,21). The minimum absolute atomic E-state index is 0.0208. The number of rotatable bonds is 5. The Hall–Kier alpha value is -1.47. The first kappa shape index (κ1) is 16.9. The van der Waals surface area contributed by atoms with Crippen molar-refractivity contribution in [1.29, 1.82) is 0 Å². The molecule has 122 valence electrons. The highest BCUT2D eigenvalue weighted by Crippen LogP contribution is 2.17. The van der Waals surface area contributed by atoms with E-state index in [1.54, 1.807) is 0 Å². The van der Waals surface area contributed by atoms with Gasteiger partial charge in [-0.15, -0.1) is 11.3 Å². The van der Waals surface area contributed by atoms with Crippen LogP contribution in [-0.2, 0) is 16.0 Å². The highest BCUT2D eigenvalue weighted by Gasteiger charge is 2.22. The molecule has 1 fully saturated rings. The van der Waals surface area contributed by atoms with E-state index in [2.05, 4.69) is 27.9 Å². The van der Waals surface area contributed by atoms with Crippen LogP contribution >= 0.6 is 11.3 Å². The molecule has 3 N–H and O–H groups in total. The molecule has 22 heavy (non-hydrogen) atoms. The second-order valence-corrected chi connectivity index (χ2v) is 6.88. The Balaban J connectivity index is 1.84. The Morgan fingerprint density at radius 3 is 2.95 bits per heavy atom. The van der Waals surface area contributed by atoms with Gasteiger partial charge in [-0.25, -0.2) is 4.98 Å². The fraction of sp³-hybridized carbons (Fsp3) is 0.667. The molecule has 0 bridgehead atoms. The van der Waals surface area contributed by atoms with E-state index in [0.717, 1.165) is 19.4 Å². The molecule has 0 saturated carbocycles. The van der Waals surface area contributed by atoms with Crippen molar-refractivity contribution in [2.45, 2.75) is 52.1 Å². The summed E-state index contributed by atoms with van der Waals surface area (Å²) in [6.07, 6.45) is 2.33. The van der Waals surface area contributed by atoms with Crippen molar-refractivity contribution in [2.24, 2.45) is 5.92 Å². The van der Waals surface area contributed by atoms with Crippen LogP contribution < -0.4 is 16.0 Å². The van der Waals surface area contributed by atoms with E-state index in [9.17, 15) is 9.59 Å². The van der Waals surface area contributed by atoms with Crippen molar-refractivity contribution in [2.75, 3.05) is 11.9 Å². The third kappa shape index (κ3) is 4.78. The fourth-order valence-electron chi connectivity index (χ4n) is 2.36. The molecule has 6 nitrogen and oxygen atoms in total. The van der Waals surface area contributed by atoms with Gasteiger partial charge in [0.25, 0.3) is 0 Å². The monoisotopic (exact) mass is 324 g/mol. The lowest BCUT2D eigenvalue weighted by Crippen LogP contribution is -2.52. The van der Waals surface area contributed by atoms with Gasteiger partial charge in [-0.1, -0.05) is 13.8 Å². The van der Waals surface area contributed by atoms with Crippen molar-refractivity contribution in [3.63, 3.8) is 0 Å². The van der Waals surface area contributed by atoms with Gasteiger partial charge in [0.15, 0.2) is 5.13 Å². The van der Waals surface area contributed by atoms with E-state index < -0.39 is 0 Å². The number of nitrogens with zero attached hydrogens (tertiary/aromatic N) is 1. The van der Waals surface area contributed by atoms with Crippen molar-refractivity contribution in [3.05, 3.63) is 11.1 Å². The number of hydrogen-bond donors (Lipinski definition) is 3. The normalized spacial score (nSPS) is 21.6. The largest absolute Gasteiger partial charge is 0.351 e. The van der Waals surface area contributed by atoms with Crippen LogP contribution in [0.4, 0.5) is 5.13 Å². The molecule has 0 radical (unpaired) electrons. The molecule has 7 heteroatoms. The summed E-state index contributed by atoms with van der Waals surface area (Å²) in [5.74, 6) is -0.170. The van der Waals surface area contributed by atoms with Gasteiger partial charge in [-0.2, -0.15) is 0 Å². The highest BCUT2D eigenvalue weighted by molar-refractivity contribution is 7.13. The van der Waals surface area contributed by atoms with Crippen molar-refractivity contribution < 1.29 is 9.59 Å². The Morgan fingerprint density at radius 1 is 1.50 bits per heavy atom. The Labute approximate surface area is 135 Å². The molecule has 1 saturated heterocycles. The van der Waals surface area contributed by atoms with Crippen LogP contribution in [0.3, 0.4) is 0 Å². The second kappa shape index (κ2) is 7.69. The number of aromatic nitrogens is 1. The number of anilines is 1. The predicted molar refractivity (Wildman–Crippen MR) is 87.9 cm³/mol. The van der Waals surface area contributed by atoms with E-state index in [4.69, 9.17) is 0 Å². The summed E-state index contributed by atoms with van der Waals surface area (Å²) in [5, 5.41) is 11.5. The molecule has 1 aliphatic rings. The Morgan fingerprint density at radius 2 is 2.27 bits per heavy atom. The summed E-state index contributed by atoms with van der Waals surface area (Å²) in [7, 11) is 0. The zero-order chi connectivity index (χ0) is 16.1. The van der Waals surface area contributed by atoms with Crippen LogP contribution in [0.25, 0.3) is 0 Å². The fourth-order valence-corrected chi connectivity index (χ4v) is 3.07. The zero-order valence-corrected chi connectivity index (χ0v) is 14.1. The average molecular weight is 324 g/mol. The molecule has 1 aromatic heterocycles. The molecule has 2 unspecified atom stereocenters. The summed E-state index contributed by atoms with van der Waals surface area (Å²) < 4.78 is 0. The number of carbonyl (C=O) groups excluding carboxylic acids is 2. The number of thiazole rings is 1. The van der Waals surface area contributed by atoms with E-state index in [1.165, 1.54) is 11.3 Å². The predicted octanol–water partition coefficient (Wildman–Crippen LogP) is 1.54. The van der Waals surface area contributed by atoms with Gasteiger partial charge in [0.05, 0.1) is 12.1 Å². The number of nitrogens with one attached hydrogen (secondary N) is 3. The molecule has 1 aromatic rings. The van der Waals surface area contributed by atoms with E-state index in [0.29, 0.717) is 16.9 Å².